The van der Waals surface area contributed by atoms with Gasteiger partial charge in [0.1, 0.15) is 0 Å². The van der Waals surface area contributed by atoms with Crippen molar-refractivity contribution in [1.82, 2.24) is 0 Å². The fourth-order valence-corrected chi connectivity index (χ4v) is 2.25. The molecule has 0 heterocycles. The van der Waals surface area contributed by atoms with Crippen LogP contribution in [0.5, 0.6) is 0 Å². The molecule has 0 fully saturated rings. The molecule has 0 aromatic heterocycles. The molecule has 0 spiro atoms. The molecular formula is C18H32OS. The highest BCUT2D eigenvalue weighted by Crippen LogP contribution is 2.32. The number of thioether (sulfide) groups is 1. The summed E-state index contributed by atoms with van der Waals surface area (Å²) < 4.78 is -0.0979. The van der Waals surface area contributed by atoms with Gasteiger partial charge in [-0.05, 0) is 44.4 Å². The zero-order valence-corrected chi connectivity index (χ0v) is 15.1. The van der Waals surface area contributed by atoms with Crippen molar-refractivity contribution < 1.29 is 5.11 Å². The van der Waals surface area contributed by atoms with E-state index in [0.29, 0.717) is 5.92 Å². The van der Waals surface area contributed by atoms with Crippen LogP contribution in [0.3, 0.4) is 0 Å². The smallest absolute Gasteiger partial charge is 0.0576 e. The van der Waals surface area contributed by atoms with E-state index in [0.717, 1.165) is 0 Å². The minimum atomic E-state index is -0.0979. The molecule has 0 saturated heterocycles. The Hall–Kier alpha value is -0.730. The van der Waals surface area contributed by atoms with E-state index in [1.807, 2.05) is 34.6 Å². The number of hydrogen-bond donors (Lipinski definition) is 1. The van der Waals surface area contributed by atoms with Gasteiger partial charge in [0.15, 0.2) is 0 Å². The van der Waals surface area contributed by atoms with Gasteiger partial charge >= 0.3 is 0 Å². The van der Waals surface area contributed by atoms with Crippen LogP contribution in [0.15, 0.2) is 41.8 Å². The van der Waals surface area contributed by atoms with Crippen LogP contribution < -0.4 is 0 Å². The number of aliphatic hydroxyl groups excluding tert-OH is 1. The Kier molecular flexibility index (Phi) is 13.0. The summed E-state index contributed by atoms with van der Waals surface area (Å²) in [5.74, 6) is 0.579. The van der Waals surface area contributed by atoms with Gasteiger partial charge in [0.05, 0.1) is 6.61 Å². The molecule has 20 heavy (non-hydrogen) atoms. The molecule has 0 bridgehead atoms. The Balaban J connectivity index is 0. The Bertz CT molecular complexity index is 339. The van der Waals surface area contributed by atoms with E-state index in [4.69, 9.17) is 0 Å². The van der Waals surface area contributed by atoms with Crippen molar-refractivity contribution in [3.63, 3.8) is 0 Å². The van der Waals surface area contributed by atoms with Crippen LogP contribution in [0, 0.1) is 0 Å². The lowest BCUT2D eigenvalue weighted by Crippen LogP contribution is -2.19. The molecule has 2 heteroatoms. The Morgan fingerprint density at radius 3 is 1.90 bits per heavy atom. The lowest BCUT2D eigenvalue weighted by atomic mass is 10.0. The summed E-state index contributed by atoms with van der Waals surface area (Å²) >= 11 is 1.72. The second-order valence-corrected chi connectivity index (χ2v) is 6.93. The standard InChI is InChI=1S/C13H20OS.C3H6.C2H6/c1-10(2)11-5-7-12(8-6-11)15-13(3,4)9-14;1-3-2;1-2/h5-8,10,14H,9H2,1-4H3;3H,1H2,2H3;1-2H3. The average Bonchev–Trinajstić information content (AvgIpc) is 2.42. The molecule has 0 atom stereocenters. The zero-order chi connectivity index (χ0) is 16.2. The summed E-state index contributed by atoms with van der Waals surface area (Å²) in [4.78, 5) is 1.22. The largest absolute Gasteiger partial charge is 0.395 e. The fourth-order valence-electron chi connectivity index (χ4n) is 1.27. The summed E-state index contributed by atoms with van der Waals surface area (Å²) in [6, 6.07) is 8.61. The molecule has 0 aliphatic heterocycles. The lowest BCUT2D eigenvalue weighted by Gasteiger charge is -2.21. The summed E-state index contributed by atoms with van der Waals surface area (Å²) in [5.41, 5.74) is 1.36. The zero-order valence-electron chi connectivity index (χ0n) is 14.2. The minimum absolute atomic E-state index is 0.0979. The molecule has 0 unspecified atom stereocenters. The first kappa shape index (κ1) is 21.6. The third kappa shape index (κ3) is 10.1. The number of rotatable bonds is 4. The van der Waals surface area contributed by atoms with Crippen LogP contribution in [-0.4, -0.2) is 16.5 Å². The molecule has 116 valence electrons. The van der Waals surface area contributed by atoms with E-state index in [1.54, 1.807) is 17.8 Å². The van der Waals surface area contributed by atoms with E-state index in [-0.39, 0.29) is 11.4 Å². The van der Waals surface area contributed by atoms with Gasteiger partial charge < -0.3 is 5.11 Å². The van der Waals surface area contributed by atoms with Crippen molar-refractivity contribution >= 4 is 11.8 Å². The predicted octanol–water partition coefficient (Wildman–Crippen LogP) is 5.89. The summed E-state index contributed by atoms with van der Waals surface area (Å²) in [5, 5.41) is 9.18. The van der Waals surface area contributed by atoms with Gasteiger partial charge in [0.25, 0.3) is 0 Å². The van der Waals surface area contributed by atoms with E-state index in [2.05, 4.69) is 44.7 Å². The monoisotopic (exact) mass is 296 g/mol. The van der Waals surface area contributed by atoms with Gasteiger partial charge in [-0.15, -0.1) is 18.3 Å². The number of hydrogen-bond acceptors (Lipinski definition) is 2. The third-order valence-electron chi connectivity index (χ3n) is 2.32. The van der Waals surface area contributed by atoms with Gasteiger partial charge in [0, 0.05) is 9.64 Å². The molecule has 1 aromatic carbocycles. The second kappa shape index (κ2) is 12.0. The molecule has 0 radical (unpaired) electrons. The molecular weight excluding hydrogens is 264 g/mol. The van der Waals surface area contributed by atoms with Crippen molar-refractivity contribution in [3.8, 4) is 0 Å². The van der Waals surface area contributed by atoms with Crippen LogP contribution in [0.4, 0.5) is 0 Å². The fraction of sp³-hybridized carbons (Fsp3) is 0.556. The molecule has 1 nitrogen and oxygen atoms in total. The van der Waals surface area contributed by atoms with Gasteiger partial charge in [-0.1, -0.05) is 45.9 Å². The summed E-state index contributed by atoms with van der Waals surface area (Å²) in [7, 11) is 0. The van der Waals surface area contributed by atoms with E-state index >= 15 is 0 Å². The first-order valence-electron chi connectivity index (χ1n) is 7.33. The molecule has 0 aliphatic rings. The summed E-state index contributed by atoms with van der Waals surface area (Å²) in [6.07, 6.45) is 1.75. The van der Waals surface area contributed by atoms with Crippen LogP contribution in [0.2, 0.25) is 0 Å². The minimum Gasteiger partial charge on any atom is -0.395 e. The Morgan fingerprint density at radius 2 is 1.60 bits per heavy atom. The Labute approximate surface area is 130 Å². The van der Waals surface area contributed by atoms with Gasteiger partial charge in [-0.2, -0.15) is 0 Å². The molecule has 1 aromatic rings. The maximum absolute atomic E-state index is 9.18. The number of benzene rings is 1. The molecule has 0 amide bonds. The highest BCUT2D eigenvalue weighted by atomic mass is 32.2. The first-order chi connectivity index (χ1) is 9.36. The van der Waals surface area contributed by atoms with Crippen molar-refractivity contribution in [2.75, 3.05) is 6.61 Å². The highest BCUT2D eigenvalue weighted by Gasteiger charge is 2.17. The quantitative estimate of drug-likeness (QED) is 0.552. The number of aliphatic hydroxyl groups is 1. The third-order valence-corrected chi connectivity index (χ3v) is 3.51. The molecule has 0 aliphatic carbocycles. The van der Waals surface area contributed by atoms with Gasteiger partial charge in [0.2, 0.25) is 0 Å². The lowest BCUT2D eigenvalue weighted by molar-refractivity contribution is 0.265. The van der Waals surface area contributed by atoms with Crippen molar-refractivity contribution in [3.05, 3.63) is 42.5 Å². The maximum Gasteiger partial charge on any atom is 0.0576 e. The van der Waals surface area contributed by atoms with Crippen molar-refractivity contribution in [1.29, 1.82) is 0 Å². The maximum atomic E-state index is 9.18. The van der Waals surface area contributed by atoms with Gasteiger partial charge in [-0.25, -0.2) is 0 Å². The highest BCUT2D eigenvalue weighted by molar-refractivity contribution is 8.00. The topological polar surface area (TPSA) is 20.2 Å². The van der Waals surface area contributed by atoms with Crippen LogP contribution in [-0.2, 0) is 0 Å². The van der Waals surface area contributed by atoms with Crippen molar-refractivity contribution in [2.24, 2.45) is 0 Å². The predicted molar refractivity (Wildman–Crippen MR) is 94.8 cm³/mol. The van der Waals surface area contributed by atoms with Gasteiger partial charge in [-0.3, -0.25) is 0 Å². The second-order valence-electron chi connectivity index (χ2n) is 5.15. The molecule has 0 saturated carbocycles. The van der Waals surface area contributed by atoms with E-state index in [1.165, 1.54) is 10.5 Å². The van der Waals surface area contributed by atoms with Crippen LogP contribution in [0.1, 0.15) is 59.9 Å². The molecule has 1 rings (SSSR count). The van der Waals surface area contributed by atoms with E-state index in [9.17, 15) is 5.11 Å². The number of allylic oxidation sites excluding steroid dienone is 1. The normalized spacial score (nSPS) is 10.1. The average molecular weight is 297 g/mol. The Morgan fingerprint density at radius 1 is 1.20 bits per heavy atom. The van der Waals surface area contributed by atoms with Crippen LogP contribution >= 0.6 is 11.8 Å². The SMILES string of the molecule is C=CC.CC.CC(C)c1ccc(SC(C)(C)CO)cc1. The summed E-state index contributed by atoms with van der Waals surface area (Å²) in [6.45, 7) is 17.9. The van der Waals surface area contributed by atoms with Crippen molar-refractivity contribution in [2.45, 2.75) is 64.0 Å². The van der Waals surface area contributed by atoms with Crippen LogP contribution in [0.25, 0.3) is 0 Å². The first-order valence-corrected chi connectivity index (χ1v) is 8.14. The van der Waals surface area contributed by atoms with E-state index < -0.39 is 0 Å². The molecule has 1 N–H and O–H groups in total.